The summed E-state index contributed by atoms with van der Waals surface area (Å²) in [6.07, 6.45) is 0. The Labute approximate surface area is 123 Å². The molecule has 0 fully saturated rings. The van der Waals surface area contributed by atoms with Crippen molar-refractivity contribution in [1.82, 2.24) is 0 Å². The number of nitrogens with zero attached hydrogens (tertiary/aromatic N) is 1. The molecule has 0 saturated carbocycles. The van der Waals surface area contributed by atoms with Gasteiger partial charge in [-0.25, -0.2) is 22.0 Å². The second kappa shape index (κ2) is 5.47. The van der Waals surface area contributed by atoms with Gasteiger partial charge in [0.1, 0.15) is 0 Å². The summed E-state index contributed by atoms with van der Waals surface area (Å²) in [6.45, 7) is 0.739. The van der Waals surface area contributed by atoms with Crippen molar-refractivity contribution in [3.8, 4) is 0 Å². The summed E-state index contributed by atoms with van der Waals surface area (Å²) >= 11 is 0. The zero-order chi connectivity index (χ0) is 15.9. The lowest BCUT2D eigenvalue weighted by Gasteiger charge is -2.32. The molecule has 116 valence electrons. The van der Waals surface area contributed by atoms with Crippen molar-refractivity contribution in [2.75, 3.05) is 23.3 Å². The van der Waals surface area contributed by atoms with Crippen LogP contribution in [0.1, 0.15) is 5.56 Å². The third kappa shape index (κ3) is 2.47. The molecule has 1 N–H and O–H groups in total. The average Bonchev–Trinajstić information content (AvgIpc) is 2.50. The van der Waals surface area contributed by atoms with E-state index in [1.807, 2.05) is 0 Å². The van der Waals surface area contributed by atoms with E-state index >= 15 is 0 Å². The first-order chi connectivity index (χ1) is 10.5. The van der Waals surface area contributed by atoms with E-state index in [1.165, 1.54) is 0 Å². The summed E-state index contributed by atoms with van der Waals surface area (Å²) in [6, 6.07) is 3.98. The number of anilines is 2. The maximum Gasteiger partial charge on any atom is 0.194 e. The summed E-state index contributed by atoms with van der Waals surface area (Å²) < 4.78 is 66.6. The van der Waals surface area contributed by atoms with Gasteiger partial charge in [0.15, 0.2) is 29.1 Å². The van der Waals surface area contributed by atoms with E-state index in [1.54, 1.807) is 4.90 Å². The summed E-state index contributed by atoms with van der Waals surface area (Å²) in [5, 5.41) is 2.91. The molecule has 0 aromatic heterocycles. The highest BCUT2D eigenvalue weighted by Gasteiger charge is 2.22. The Morgan fingerprint density at radius 1 is 0.909 bits per heavy atom. The fraction of sp³-hybridized carbons (Fsp3) is 0.200. The molecular weight excluding hydrogens is 303 g/mol. The number of hydrogen-bond acceptors (Lipinski definition) is 2. The molecule has 3 rings (SSSR count). The van der Waals surface area contributed by atoms with Gasteiger partial charge in [-0.3, -0.25) is 0 Å². The second-order valence-electron chi connectivity index (χ2n) is 4.97. The van der Waals surface area contributed by atoms with Crippen LogP contribution in [0.3, 0.4) is 0 Å². The number of halogens is 5. The maximum absolute atomic E-state index is 13.7. The Hall–Kier alpha value is -2.31. The van der Waals surface area contributed by atoms with Crippen molar-refractivity contribution in [3.05, 3.63) is 58.9 Å². The van der Waals surface area contributed by atoms with Gasteiger partial charge in [-0.1, -0.05) is 6.07 Å². The number of hydrogen-bond donors (Lipinski definition) is 1. The van der Waals surface area contributed by atoms with Crippen molar-refractivity contribution < 1.29 is 22.0 Å². The minimum absolute atomic E-state index is 0.0588. The van der Waals surface area contributed by atoms with Gasteiger partial charge in [-0.15, -0.1) is 0 Å². The number of benzene rings is 2. The third-order valence-corrected chi connectivity index (χ3v) is 3.55. The van der Waals surface area contributed by atoms with Gasteiger partial charge in [0, 0.05) is 37.3 Å². The standard InChI is InChI=1S/C15H11F5N2/c16-9-2-1-8(14(19)15(9)20)7-22-4-3-21-12-5-10(17)11(18)6-13(12)22/h1-2,5-6,21H,3-4,7H2. The summed E-state index contributed by atoms with van der Waals surface area (Å²) in [7, 11) is 0. The minimum atomic E-state index is -1.54. The lowest BCUT2D eigenvalue weighted by molar-refractivity contribution is 0.440. The van der Waals surface area contributed by atoms with Crippen LogP contribution in [0.15, 0.2) is 24.3 Å². The Balaban J connectivity index is 1.96. The van der Waals surface area contributed by atoms with Crippen LogP contribution in [-0.2, 0) is 6.54 Å². The van der Waals surface area contributed by atoms with E-state index < -0.39 is 29.1 Å². The van der Waals surface area contributed by atoms with Crippen molar-refractivity contribution in [3.63, 3.8) is 0 Å². The molecule has 0 aliphatic carbocycles. The summed E-state index contributed by atoms with van der Waals surface area (Å²) in [5.41, 5.74) is 0.652. The van der Waals surface area contributed by atoms with Gasteiger partial charge in [0.2, 0.25) is 0 Å². The van der Waals surface area contributed by atoms with E-state index in [0.29, 0.717) is 24.5 Å². The van der Waals surface area contributed by atoms with E-state index in [0.717, 1.165) is 24.3 Å². The monoisotopic (exact) mass is 314 g/mol. The van der Waals surface area contributed by atoms with Crippen molar-refractivity contribution in [2.24, 2.45) is 0 Å². The van der Waals surface area contributed by atoms with Crippen LogP contribution in [0.25, 0.3) is 0 Å². The molecule has 0 amide bonds. The lowest BCUT2D eigenvalue weighted by Crippen LogP contribution is -2.34. The van der Waals surface area contributed by atoms with Crippen molar-refractivity contribution in [2.45, 2.75) is 6.54 Å². The molecule has 22 heavy (non-hydrogen) atoms. The fourth-order valence-electron chi connectivity index (χ4n) is 2.44. The second-order valence-corrected chi connectivity index (χ2v) is 4.97. The zero-order valence-electron chi connectivity index (χ0n) is 11.3. The molecule has 1 heterocycles. The Kier molecular flexibility index (Phi) is 3.64. The van der Waals surface area contributed by atoms with Crippen molar-refractivity contribution in [1.29, 1.82) is 0 Å². The highest BCUT2D eigenvalue weighted by Crippen LogP contribution is 2.32. The summed E-state index contributed by atoms with van der Waals surface area (Å²) in [4.78, 5) is 1.57. The van der Waals surface area contributed by atoms with Gasteiger partial charge in [0.25, 0.3) is 0 Å². The van der Waals surface area contributed by atoms with E-state index in [-0.39, 0.29) is 12.1 Å². The Bertz CT molecular complexity index is 732. The van der Waals surface area contributed by atoms with Gasteiger partial charge in [-0.2, -0.15) is 0 Å². The maximum atomic E-state index is 13.7. The topological polar surface area (TPSA) is 15.3 Å². The predicted molar refractivity (Wildman–Crippen MR) is 72.2 cm³/mol. The van der Waals surface area contributed by atoms with Gasteiger partial charge >= 0.3 is 0 Å². The van der Waals surface area contributed by atoms with Crippen molar-refractivity contribution >= 4 is 11.4 Å². The van der Waals surface area contributed by atoms with Crippen LogP contribution in [0, 0.1) is 29.1 Å². The predicted octanol–water partition coefficient (Wildman–Crippen LogP) is 3.81. The van der Waals surface area contributed by atoms with E-state index in [2.05, 4.69) is 5.32 Å². The fourth-order valence-corrected chi connectivity index (χ4v) is 2.44. The first-order valence-electron chi connectivity index (χ1n) is 6.57. The quantitative estimate of drug-likeness (QED) is 0.670. The molecule has 0 bridgehead atoms. The molecule has 7 heteroatoms. The molecule has 2 nitrogen and oxygen atoms in total. The van der Waals surface area contributed by atoms with E-state index in [9.17, 15) is 22.0 Å². The van der Waals surface area contributed by atoms with Crippen LogP contribution < -0.4 is 10.2 Å². The first kappa shape index (κ1) is 14.6. The molecule has 0 atom stereocenters. The highest BCUT2D eigenvalue weighted by atomic mass is 19.2. The van der Waals surface area contributed by atoms with Gasteiger partial charge < -0.3 is 10.2 Å². The molecule has 0 radical (unpaired) electrons. The SMILES string of the molecule is Fc1cc2c(cc1F)N(Cc1ccc(F)c(F)c1F)CCN2. The zero-order valence-corrected chi connectivity index (χ0v) is 11.3. The largest absolute Gasteiger partial charge is 0.382 e. The Morgan fingerprint density at radius 3 is 2.41 bits per heavy atom. The van der Waals surface area contributed by atoms with Crippen LogP contribution in [0.4, 0.5) is 33.3 Å². The van der Waals surface area contributed by atoms with Crippen LogP contribution in [-0.4, -0.2) is 13.1 Å². The average molecular weight is 314 g/mol. The molecular formula is C15H11F5N2. The van der Waals surface area contributed by atoms with E-state index in [4.69, 9.17) is 0 Å². The highest BCUT2D eigenvalue weighted by molar-refractivity contribution is 5.72. The molecule has 1 aliphatic rings. The normalized spacial score (nSPS) is 13.8. The number of nitrogens with one attached hydrogen (secondary N) is 1. The summed E-state index contributed by atoms with van der Waals surface area (Å²) in [5.74, 6) is -6.11. The lowest BCUT2D eigenvalue weighted by atomic mass is 10.1. The minimum Gasteiger partial charge on any atom is -0.382 e. The molecule has 0 unspecified atom stereocenters. The Morgan fingerprint density at radius 2 is 1.64 bits per heavy atom. The first-order valence-corrected chi connectivity index (χ1v) is 6.57. The molecule has 1 aliphatic heterocycles. The van der Waals surface area contributed by atoms with Gasteiger partial charge in [0.05, 0.1) is 11.4 Å². The van der Waals surface area contributed by atoms with Crippen LogP contribution in [0.2, 0.25) is 0 Å². The van der Waals surface area contributed by atoms with Crippen LogP contribution in [0.5, 0.6) is 0 Å². The molecule has 2 aromatic carbocycles. The van der Waals surface area contributed by atoms with Crippen LogP contribution >= 0.6 is 0 Å². The molecule has 0 spiro atoms. The molecule has 2 aromatic rings. The smallest absolute Gasteiger partial charge is 0.194 e. The number of rotatable bonds is 2. The van der Waals surface area contributed by atoms with Gasteiger partial charge in [-0.05, 0) is 6.07 Å². The number of fused-ring (bicyclic) bond motifs is 1. The molecule has 0 saturated heterocycles. The third-order valence-electron chi connectivity index (χ3n) is 3.55.